The highest BCUT2D eigenvalue weighted by Gasteiger charge is 2.19. The van der Waals surface area contributed by atoms with Gasteiger partial charge in [-0.2, -0.15) is 0 Å². The lowest BCUT2D eigenvalue weighted by molar-refractivity contribution is -0.118. The molecule has 2 aromatic carbocycles. The van der Waals surface area contributed by atoms with Crippen LogP contribution in [0.3, 0.4) is 0 Å². The summed E-state index contributed by atoms with van der Waals surface area (Å²) in [5.41, 5.74) is 3.82. The molecule has 0 saturated heterocycles. The molecule has 0 aliphatic carbocycles. The van der Waals surface area contributed by atoms with Crippen molar-refractivity contribution in [1.29, 1.82) is 0 Å². The molecule has 0 atom stereocenters. The number of benzene rings is 2. The number of hydrogen-bond donors (Lipinski definition) is 1. The van der Waals surface area contributed by atoms with E-state index in [9.17, 15) is 9.18 Å². The van der Waals surface area contributed by atoms with Crippen LogP contribution in [0.15, 0.2) is 66.1 Å². The van der Waals surface area contributed by atoms with E-state index in [1.165, 1.54) is 17.8 Å². The van der Waals surface area contributed by atoms with Gasteiger partial charge in [0.2, 0.25) is 5.91 Å². The van der Waals surface area contributed by atoms with Gasteiger partial charge in [0.15, 0.2) is 11.0 Å². The minimum Gasteiger partial charge on any atom is -0.351 e. The lowest BCUT2D eigenvalue weighted by Crippen LogP contribution is -2.24. The molecule has 4 aromatic rings. The second kappa shape index (κ2) is 10.1. The largest absolute Gasteiger partial charge is 0.351 e. The maximum atomic E-state index is 13.7. The van der Waals surface area contributed by atoms with E-state index in [4.69, 9.17) is 11.6 Å². The van der Waals surface area contributed by atoms with Crippen LogP contribution in [0.5, 0.6) is 0 Å². The monoisotopic (exact) mass is 481 g/mol. The summed E-state index contributed by atoms with van der Waals surface area (Å²) in [6.45, 7) is 3.88. The van der Waals surface area contributed by atoms with Crippen LogP contribution in [0.25, 0.3) is 17.1 Å². The summed E-state index contributed by atoms with van der Waals surface area (Å²) in [6.07, 6.45) is 3.38. The van der Waals surface area contributed by atoms with Crippen LogP contribution in [0.1, 0.15) is 16.7 Å². The Kier molecular flexibility index (Phi) is 7.05. The summed E-state index contributed by atoms with van der Waals surface area (Å²) in [5, 5.41) is 12.7. The molecule has 9 heteroatoms. The van der Waals surface area contributed by atoms with Gasteiger partial charge < -0.3 is 5.32 Å². The van der Waals surface area contributed by atoms with Crippen LogP contribution >= 0.6 is 23.4 Å². The highest BCUT2D eigenvalue weighted by Crippen LogP contribution is 2.31. The van der Waals surface area contributed by atoms with E-state index in [0.29, 0.717) is 27.1 Å². The SMILES string of the molecule is Cc1ccc(CNC(=O)CSc2nnc(-c3ccncc3)n2-c2cccc(Cl)c2C)cc1F. The highest BCUT2D eigenvalue weighted by atomic mass is 35.5. The molecule has 168 valence electrons. The number of aromatic nitrogens is 4. The summed E-state index contributed by atoms with van der Waals surface area (Å²) in [4.78, 5) is 16.5. The summed E-state index contributed by atoms with van der Waals surface area (Å²) in [6, 6.07) is 14.2. The van der Waals surface area contributed by atoms with Crippen molar-refractivity contribution in [3.8, 4) is 17.1 Å². The van der Waals surface area contributed by atoms with Crippen LogP contribution in [0.4, 0.5) is 4.39 Å². The van der Waals surface area contributed by atoms with E-state index in [1.54, 1.807) is 31.5 Å². The lowest BCUT2D eigenvalue weighted by atomic mass is 10.1. The third kappa shape index (κ3) is 5.23. The Hall–Kier alpha value is -3.23. The quantitative estimate of drug-likeness (QED) is 0.370. The Balaban J connectivity index is 1.55. The Morgan fingerprint density at radius 2 is 1.91 bits per heavy atom. The second-order valence-corrected chi connectivity index (χ2v) is 8.76. The summed E-state index contributed by atoms with van der Waals surface area (Å²) < 4.78 is 15.6. The molecule has 0 bridgehead atoms. The number of hydrogen-bond acceptors (Lipinski definition) is 5. The zero-order valence-corrected chi connectivity index (χ0v) is 19.6. The summed E-state index contributed by atoms with van der Waals surface area (Å²) in [5.74, 6) is 0.275. The Labute approximate surface area is 200 Å². The van der Waals surface area contributed by atoms with Crippen LogP contribution in [0, 0.1) is 19.7 Å². The molecule has 33 heavy (non-hydrogen) atoms. The fraction of sp³-hybridized carbons (Fsp3) is 0.167. The van der Waals surface area contributed by atoms with Gasteiger partial charge in [0.05, 0.1) is 11.4 Å². The number of nitrogens with zero attached hydrogens (tertiary/aromatic N) is 4. The molecule has 0 spiro atoms. The van der Waals surface area contributed by atoms with Gasteiger partial charge in [0, 0.05) is 29.5 Å². The molecule has 2 heterocycles. The van der Waals surface area contributed by atoms with Crippen molar-refractivity contribution < 1.29 is 9.18 Å². The number of thioether (sulfide) groups is 1. The van der Waals surface area contributed by atoms with Gasteiger partial charge in [0.25, 0.3) is 0 Å². The fourth-order valence-electron chi connectivity index (χ4n) is 3.23. The number of halogens is 2. The first-order valence-corrected chi connectivity index (χ1v) is 11.6. The number of carbonyl (C=O) groups excluding carboxylic acids is 1. The van der Waals surface area contributed by atoms with Gasteiger partial charge in [-0.15, -0.1) is 10.2 Å². The molecule has 0 unspecified atom stereocenters. The second-order valence-electron chi connectivity index (χ2n) is 7.41. The van der Waals surface area contributed by atoms with Gasteiger partial charge >= 0.3 is 0 Å². The average molecular weight is 482 g/mol. The van der Waals surface area contributed by atoms with Crippen molar-refractivity contribution in [3.05, 3.63) is 88.5 Å². The van der Waals surface area contributed by atoms with E-state index in [0.717, 1.165) is 16.8 Å². The molecule has 0 fully saturated rings. The lowest BCUT2D eigenvalue weighted by Gasteiger charge is -2.14. The van der Waals surface area contributed by atoms with Gasteiger partial charge in [-0.1, -0.05) is 41.6 Å². The maximum Gasteiger partial charge on any atom is 0.230 e. The molecule has 0 aliphatic rings. The normalized spacial score (nSPS) is 10.9. The van der Waals surface area contributed by atoms with Crippen LogP contribution in [-0.4, -0.2) is 31.4 Å². The molecule has 1 N–H and O–H groups in total. The molecule has 4 rings (SSSR count). The van der Waals surface area contributed by atoms with Gasteiger partial charge in [0.1, 0.15) is 5.82 Å². The van der Waals surface area contributed by atoms with Crippen LogP contribution in [-0.2, 0) is 11.3 Å². The zero-order valence-electron chi connectivity index (χ0n) is 18.0. The Bertz CT molecular complexity index is 1300. The molecular formula is C24H21ClFN5OS. The van der Waals surface area contributed by atoms with Crippen LogP contribution < -0.4 is 5.32 Å². The first-order valence-electron chi connectivity index (χ1n) is 10.2. The Morgan fingerprint density at radius 1 is 1.12 bits per heavy atom. The average Bonchev–Trinajstić information content (AvgIpc) is 3.24. The van der Waals surface area contributed by atoms with E-state index >= 15 is 0 Å². The molecule has 0 aliphatic heterocycles. The van der Waals surface area contributed by atoms with Crippen molar-refractivity contribution in [2.75, 3.05) is 5.75 Å². The number of pyridine rings is 1. The number of rotatable bonds is 7. The van der Waals surface area contributed by atoms with Crippen LogP contribution in [0.2, 0.25) is 5.02 Å². The fourth-order valence-corrected chi connectivity index (χ4v) is 4.18. The van der Waals surface area contributed by atoms with Gasteiger partial charge in [-0.05, 0) is 60.9 Å². The number of aryl methyl sites for hydroxylation is 1. The van der Waals surface area contributed by atoms with Crippen molar-refractivity contribution in [2.45, 2.75) is 25.5 Å². The Morgan fingerprint density at radius 3 is 2.67 bits per heavy atom. The van der Waals surface area contributed by atoms with E-state index in [1.807, 2.05) is 41.8 Å². The maximum absolute atomic E-state index is 13.7. The van der Waals surface area contributed by atoms with Crippen molar-refractivity contribution >= 4 is 29.3 Å². The standard InChI is InChI=1S/C24H21ClFN5OS/c1-15-6-7-17(12-20(15)26)13-28-22(32)14-33-24-30-29-23(18-8-10-27-11-9-18)31(24)21-5-3-4-19(25)16(21)2/h3-12H,13-14H2,1-2H3,(H,28,32). The third-order valence-electron chi connectivity index (χ3n) is 5.11. The van der Waals surface area contributed by atoms with Crippen molar-refractivity contribution in [3.63, 3.8) is 0 Å². The molecule has 2 aromatic heterocycles. The summed E-state index contributed by atoms with van der Waals surface area (Å²) >= 11 is 7.63. The smallest absolute Gasteiger partial charge is 0.230 e. The molecular weight excluding hydrogens is 461 g/mol. The first kappa shape index (κ1) is 22.9. The first-order chi connectivity index (χ1) is 15.9. The minimum atomic E-state index is -0.287. The molecule has 6 nitrogen and oxygen atoms in total. The number of nitrogens with one attached hydrogen (secondary N) is 1. The van der Waals surface area contributed by atoms with E-state index in [-0.39, 0.29) is 24.0 Å². The number of carbonyl (C=O) groups is 1. The van der Waals surface area contributed by atoms with Crippen molar-refractivity contribution in [1.82, 2.24) is 25.1 Å². The third-order valence-corrected chi connectivity index (χ3v) is 6.45. The van der Waals surface area contributed by atoms with E-state index in [2.05, 4.69) is 20.5 Å². The van der Waals surface area contributed by atoms with E-state index < -0.39 is 0 Å². The minimum absolute atomic E-state index is 0.127. The van der Waals surface area contributed by atoms with Gasteiger partial charge in [-0.3, -0.25) is 14.3 Å². The highest BCUT2D eigenvalue weighted by molar-refractivity contribution is 7.99. The molecule has 0 radical (unpaired) electrons. The predicted octanol–water partition coefficient (Wildman–Crippen LogP) is 5.15. The molecule has 1 amide bonds. The number of amides is 1. The summed E-state index contributed by atoms with van der Waals surface area (Å²) in [7, 11) is 0. The zero-order chi connectivity index (χ0) is 23.4. The predicted molar refractivity (Wildman–Crippen MR) is 128 cm³/mol. The van der Waals surface area contributed by atoms with Gasteiger partial charge in [-0.25, -0.2) is 4.39 Å². The van der Waals surface area contributed by atoms with Crippen molar-refractivity contribution in [2.24, 2.45) is 0 Å². The molecule has 0 saturated carbocycles. The topological polar surface area (TPSA) is 72.7 Å².